The third-order valence-corrected chi connectivity index (χ3v) is 7.12. The van der Waals surface area contributed by atoms with Crippen LogP contribution in [0.4, 0.5) is 5.82 Å². The van der Waals surface area contributed by atoms with Crippen LogP contribution < -0.4 is 4.90 Å². The van der Waals surface area contributed by atoms with E-state index in [4.69, 9.17) is 21.6 Å². The zero-order valence-corrected chi connectivity index (χ0v) is 17.1. The van der Waals surface area contributed by atoms with Gasteiger partial charge in [0.15, 0.2) is 5.82 Å². The van der Waals surface area contributed by atoms with Crippen molar-refractivity contribution in [2.45, 2.75) is 6.92 Å². The summed E-state index contributed by atoms with van der Waals surface area (Å²) in [5, 5.41) is 1.63. The SMILES string of the molecule is CCS(=O)(=O)N1CCN(c2nc(-c3ccc(Cl)cc3)nc3ccccc23)CC1. The minimum Gasteiger partial charge on any atom is -0.353 e. The molecule has 1 aliphatic heterocycles. The summed E-state index contributed by atoms with van der Waals surface area (Å²) in [6.45, 7) is 3.80. The average molecular weight is 417 g/mol. The van der Waals surface area contributed by atoms with Crippen LogP contribution in [0.1, 0.15) is 6.92 Å². The topological polar surface area (TPSA) is 66.4 Å². The van der Waals surface area contributed by atoms with E-state index in [1.165, 1.54) is 0 Å². The van der Waals surface area contributed by atoms with Crippen LogP contribution in [0, 0.1) is 0 Å². The highest BCUT2D eigenvalue weighted by molar-refractivity contribution is 7.89. The lowest BCUT2D eigenvalue weighted by molar-refractivity contribution is 0.385. The Bertz CT molecular complexity index is 1090. The second-order valence-corrected chi connectivity index (χ2v) is 9.38. The van der Waals surface area contributed by atoms with Crippen LogP contribution >= 0.6 is 11.6 Å². The number of halogens is 1. The van der Waals surface area contributed by atoms with E-state index < -0.39 is 10.0 Å². The Morgan fingerprint density at radius 3 is 2.32 bits per heavy atom. The van der Waals surface area contributed by atoms with Gasteiger partial charge in [-0.25, -0.2) is 18.4 Å². The monoisotopic (exact) mass is 416 g/mol. The molecular formula is C20H21ClN4O2S. The maximum Gasteiger partial charge on any atom is 0.213 e. The van der Waals surface area contributed by atoms with Gasteiger partial charge < -0.3 is 4.90 Å². The Balaban J connectivity index is 1.71. The smallest absolute Gasteiger partial charge is 0.213 e. The number of nitrogens with zero attached hydrogens (tertiary/aromatic N) is 4. The highest BCUT2D eigenvalue weighted by atomic mass is 35.5. The predicted molar refractivity (Wildman–Crippen MR) is 113 cm³/mol. The molecule has 0 N–H and O–H groups in total. The largest absolute Gasteiger partial charge is 0.353 e. The molecule has 28 heavy (non-hydrogen) atoms. The number of hydrogen-bond acceptors (Lipinski definition) is 5. The molecule has 0 unspecified atom stereocenters. The van der Waals surface area contributed by atoms with Crippen LogP contribution in [0.3, 0.4) is 0 Å². The van der Waals surface area contributed by atoms with Gasteiger partial charge in [0.2, 0.25) is 10.0 Å². The summed E-state index contributed by atoms with van der Waals surface area (Å²) in [4.78, 5) is 11.7. The molecule has 0 radical (unpaired) electrons. The van der Waals surface area contributed by atoms with Crippen LogP contribution in [-0.4, -0.2) is 54.6 Å². The zero-order chi connectivity index (χ0) is 19.7. The van der Waals surface area contributed by atoms with E-state index in [2.05, 4.69) is 4.90 Å². The van der Waals surface area contributed by atoms with Crippen molar-refractivity contribution < 1.29 is 8.42 Å². The van der Waals surface area contributed by atoms with Gasteiger partial charge in [0.1, 0.15) is 5.82 Å². The predicted octanol–water partition coefficient (Wildman–Crippen LogP) is 3.42. The number of piperazine rings is 1. The standard InChI is InChI=1S/C20H21ClN4O2S/c1-2-28(26,27)25-13-11-24(12-14-25)20-17-5-3-4-6-18(17)22-19(23-20)15-7-9-16(21)10-8-15/h3-10H,2,11-14H2,1H3. The summed E-state index contributed by atoms with van der Waals surface area (Å²) < 4.78 is 25.9. The van der Waals surface area contributed by atoms with Crippen molar-refractivity contribution in [3.8, 4) is 11.4 Å². The number of hydrogen-bond donors (Lipinski definition) is 0. The number of benzene rings is 2. The first-order valence-corrected chi connectivity index (χ1v) is 11.2. The third-order valence-electron chi connectivity index (χ3n) is 4.98. The molecular weight excluding hydrogens is 396 g/mol. The molecule has 2 heterocycles. The maximum absolute atomic E-state index is 12.1. The molecule has 0 bridgehead atoms. The second kappa shape index (κ2) is 7.66. The van der Waals surface area contributed by atoms with Gasteiger partial charge in [-0.3, -0.25) is 0 Å². The highest BCUT2D eigenvalue weighted by Gasteiger charge is 2.27. The summed E-state index contributed by atoms with van der Waals surface area (Å²) in [5.74, 6) is 1.60. The van der Waals surface area contributed by atoms with Crippen molar-refractivity contribution in [1.82, 2.24) is 14.3 Å². The normalized spacial score (nSPS) is 15.9. The van der Waals surface area contributed by atoms with Crippen molar-refractivity contribution in [2.24, 2.45) is 0 Å². The lowest BCUT2D eigenvalue weighted by Gasteiger charge is -2.35. The number of aromatic nitrogens is 2. The molecule has 4 rings (SSSR count). The summed E-state index contributed by atoms with van der Waals surface area (Å²) in [6.07, 6.45) is 0. The van der Waals surface area contributed by atoms with E-state index in [0.717, 1.165) is 22.3 Å². The van der Waals surface area contributed by atoms with Gasteiger partial charge in [-0.1, -0.05) is 23.7 Å². The first kappa shape index (κ1) is 19.1. The molecule has 0 amide bonds. The molecule has 1 aliphatic rings. The zero-order valence-electron chi connectivity index (χ0n) is 15.5. The summed E-state index contributed by atoms with van der Waals surface area (Å²) in [5.41, 5.74) is 1.75. The van der Waals surface area contributed by atoms with Gasteiger partial charge in [0, 0.05) is 42.2 Å². The number of para-hydroxylation sites is 1. The minimum absolute atomic E-state index is 0.129. The molecule has 2 aromatic carbocycles. The number of fused-ring (bicyclic) bond motifs is 1. The number of sulfonamides is 1. The first-order valence-electron chi connectivity index (χ1n) is 9.23. The Kier molecular flexibility index (Phi) is 5.23. The van der Waals surface area contributed by atoms with Gasteiger partial charge in [-0.2, -0.15) is 4.31 Å². The molecule has 1 saturated heterocycles. The average Bonchev–Trinajstić information content (AvgIpc) is 2.73. The first-order chi connectivity index (χ1) is 13.5. The van der Waals surface area contributed by atoms with Crippen molar-refractivity contribution in [1.29, 1.82) is 0 Å². The summed E-state index contributed by atoms with van der Waals surface area (Å²) >= 11 is 6.01. The van der Waals surface area contributed by atoms with Crippen LogP contribution in [-0.2, 0) is 10.0 Å². The second-order valence-electron chi connectivity index (χ2n) is 6.68. The molecule has 8 heteroatoms. The lowest BCUT2D eigenvalue weighted by atomic mass is 10.1. The van der Waals surface area contributed by atoms with Crippen LogP contribution in [0.25, 0.3) is 22.3 Å². The quantitative estimate of drug-likeness (QED) is 0.651. The lowest BCUT2D eigenvalue weighted by Crippen LogP contribution is -2.49. The fourth-order valence-corrected chi connectivity index (χ4v) is 4.60. The Morgan fingerprint density at radius 2 is 1.64 bits per heavy atom. The molecule has 1 fully saturated rings. The van der Waals surface area contributed by atoms with Gasteiger partial charge in [-0.05, 0) is 43.3 Å². The van der Waals surface area contributed by atoms with E-state index in [0.29, 0.717) is 37.0 Å². The molecule has 0 atom stereocenters. The van der Waals surface area contributed by atoms with Crippen molar-refractivity contribution in [3.63, 3.8) is 0 Å². The Hall–Kier alpha value is -2.22. The molecule has 146 valence electrons. The molecule has 0 aliphatic carbocycles. The van der Waals surface area contributed by atoms with Crippen molar-refractivity contribution in [3.05, 3.63) is 53.6 Å². The van der Waals surface area contributed by atoms with Gasteiger partial charge in [0.25, 0.3) is 0 Å². The Labute approximate surface area is 169 Å². The van der Waals surface area contributed by atoms with Crippen molar-refractivity contribution in [2.75, 3.05) is 36.8 Å². The van der Waals surface area contributed by atoms with Crippen molar-refractivity contribution >= 4 is 38.3 Å². The third kappa shape index (κ3) is 3.70. The van der Waals surface area contributed by atoms with E-state index in [1.807, 2.05) is 48.5 Å². The number of rotatable bonds is 4. The van der Waals surface area contributed by atoms with E-state index in [-0.39, 0.29) is 5.75 Å². The fraction of sp³-hybridized carbons (Fsp3) is 0.300. The molecule has 3 aromatic rings. The van der Waals surface area contributed by atoms with Gasteiger partial charge in [-0.15, -0.1) is 0 Å². The van der Waals surface area contributed by atoms with Crippen LogP contribution in [0.2, 0.25) is 5.02 Å². The maximum atomic E-state index is 12.1. The minimum atomic E-state index is -3.16. The number of anilines is 1. The molecule has 0 spiro atoms. The molecule has 1 aromatic heterocycles. The fourth-order valence-electron chi connectivity index (χ4n) is 3.39. The summed E-state index contributed by atoms with van der Waals surface area (Å²) in [7, 11) is -3.16. The molecule has 0 saturated carbocycles. The summed E-state index contributed by atoms with van der Waals surface area (Å²) in [6, 6.07) is 15.4. The van der Waals surface area contributed by atoms with E-state index in [1.54, 1.807) is 11.2 Å². The molecule has 6 nitrogen and oxygen atoms in total. The Morgan fingerprint density at radius 1 is 0.964 bits per heavy atom. The highest BCUT2D eigenvalue weighted by Crippen LogP contribution is 2.29. The van der Waals surface area contributed by atoms with Crippen LogP contribution in [0.15, 0.2) is 48.5 Å². The van der Waals surface area contributed by atoms with Gasteiger partial charge >= 0.3 is 0 Å². The van der Waals surface area contributed by atoms with E-state index >= 15 is 0 Å². The van der Waals surface area contributed by atoms with E-state index in [9.17, 15) is 8.42 Å². The van der Waals surface area contributed by atoms with Gasteiger partial charge in [0.05, 0.1) is 11.3 Å². The van der Waals surface area contributed by atoms with Crippen LogP contribution in [0.5, 0.6) is 0 Å².